The van der Waals surface area contributed by atoms with Gasteiger partial charge >= 0.3 is 6.36 Å². The Balaban J connectivity index is 0.000000302. The van der Waals surface area contributed by atoms with Gasteiger partial charge in [-0.15, -0.1) is 13.2 Å². The lowest BCUT2D eigenvalue weighted by molar-refractivity contribution is -0.274. The maximum Gasteiger partial charge on any atom is 0.573 e. The van der Waals surface area contributed by atoms with Crippen LogP contribution in [0.3, 0.4) is 0 Å². The van der Waals surface area contributed by atoms with Gasteiger partial charge in [0.2, 0.25) is 0 Å². The van der Waals surface area contributed by atoms with Crippen molar-refractivity contribution in [2.75, 3.05) is 0 Å². The minimum atomic E-state index is -4.61. The van der Waals surface area contributed by atoms with E-state index in [-0.39, 0.29) is 13.2 Å². The molecule has 0 N–H and O–H groups in total. The largest absolute Gasteiger partial charge is 0.573 e. The zero-order valence-electron chi connectivity index (χ0n) is 46.0. The van der Waals surface area contributed by atoms with E-state index in [0.29, 0.717) is 35.5 Å². The van der Waals surface area contributed by atoms with Gasteiger partial charge in [-0.25, -0.2) is 0 Å². The molecular weight excluding hydrogens is 902 g/mol. The Morgan fingerprint density at radius 3 is 1.25 bits per heavy atom. The van der Waals surface area contributed by atoms with E-state index in [1.165, 1.54) is 78.5 Å². The molecule has 0 aliphatic carbocycles. The zero-order valence-corrected chi connectivity index (χ0v) is 46.0. The summed E-state index contributed by atoms with van der Waals surface area (Å²) in [6, 6.07) is 66.2. The van der Waals surface area contributed by atoms with Crippen LogP contribution in [0.2, 0.25) is 0 Å². The summed E-state index contributed by atoms with van der Waals surface area (Å²) in [5, 5.41) is 2.73. The molecule has 4 heteroatoms. The van der Waals surface area contributed by atoms with E-state index in [2.05, 4.69) is 265 Å². The van der Waals surface area contributed by atoms with E-state index in [1.807, 2.05) is 13.8 Å². The normalized spacial score (nSPS) is 10.7. The van der Waals surface area contributed by atoms with E-state index < -0.39 is 6.36 Å². The van der Waals surface area contributed by atoms with Crippen LogP contribution in [0.25, 0.3) is 21.9 Å². The van der Waals surface area contributed by atoms with E-state index >= 15 is 0 Å². The van der Waals surface area contributed by atoms with Gasteiger partial charge in [0.05, 0.1) is 0 Å². The van der Waals surface area contributed by atoms with Crippen molar-refractivity contribution in [3.05, 3.63) is 244 Å². The fraction of sp³-hybridized carbons (Fsp3) is 0.333. The monoisotopic (exact) mass is 989 g/mol. The highest BCUT2D eigenvalue weighted by Crippen LogP contribution is 2.27. The van der Waals surface area contributed by atoms with E-state index in [1.54, 1.807) is 12.1 Å². The van der Waals surface area contributed by atoms with Crippen molar-refractivity contribution in [3.63, 3.8) is 0 Å². The van der Waals surface area contributed by atoms with Crippen LogP contribution >= 0.6 is 0 Å². The second kappa shape index (κ2) is 31.9. The van der Waals surface area contributed by atoms with Crippen LogP contribution in [-0.2, 0) is 0 Å². The van der Waals surface area contributed by atoms with Crippen molar-refractivity contribution in [3.8, 4) is 16.9 Å². The summed E-state index contributed by atoms with van der Waals surface area (Å²) in [4.78, 5) is 0. The third-order valence-electron chi connectivity index (χ3n) is 12.1. The minimum absolute atomic E-state index is 0. The molecular formula is C69H87F3O. The third-order valence-corrected chi connectivity index (χ3v) is 12.1. The van der Waals surface area contributed by atoms with Crippen LogP contribution in [0.4, 0.5) is 13.2 Å². The van der Waals surface area contributed by atoms with Gasteiger partial charge in [-0.05, 0) is 129 Å². The molecule has 8 aromatic carbocycles. The number of rotatable bonds is 8. The van der Waals surface area contributed by atoms with Gasteiger partial charge in [0.25, 0.3) is 0 Å². The van der Waals surface area contributed by atoms with Gasteiger partial charge in [0.15, 0.2) is 0 Å². The minimum Gasteiger partial charge on any atom is -0.406 e. The Bertz CT molecular complexity index is 2720. The summed E-state index contributed by atoms with van der Waals surface area (Å²) < 4.78 is 39.1. The van der Waals surface area contributed by atoms with E-state index in [4.69, 9.17) is 0 Å². The molecule has 8 rings (SSSR count). The number of alkyl halides is 3. The average Bonchev–Trinajstić information content (AvgIpc) is 3.35. The third kappa shape index (κ3) is 23.4. The number of fused-ring (bicyclic) bond motifs is 1. The number of hydrogen-bond acceptors (Lipinski definition) is 1. The first kappa shape index (κ1) is 62.7. The molecule has 0 radical (unpaired) electrons. The molecule has 0 atom stereocenters. The Labute approximate surface area is 440 Å². The average molecular weight is 989 g/mol. The molecule has 0 saturated heterocycles. The van der Waals surface area contributed by atoms with Gasteiger partial charge in [-0.2, -0.15) is 0 Å². The van der Waals surface area contributed by atoms with Crippen molar-refractivity contribution in [2.24, 2.45) is 0 Å². The van der Waals surface area contributed by atoms with Crippen molar-refractivity contribution in [2.45, 2.75) is 153 Å². The summed E-state index contributed by atoms with van der Waals surface area (Å²) in [5.41, 5.74) is 14.8. The predicted molar refractivity (Wildman–Crippen MR) is 314 cm³/mol. The van der Waals surface area contributed by atoms with Gasteiger partial charge in [0.1, 0.15) is 5.75 Å². The van der Waals surface area contributed by atoms with Crippen LogP contribution in [0, 0.1) is 20.8 Å². The first-order valence-corrected chi connectivity index (χ1v) is 25.7. The quantitative estimate of drug-likeness (QED) is 0.147. The van der Waals surface area contributed by atoms with Gasteiger partial charge in [0, 0.05) is 0 Å². The smallest absolute Gasteiger partial charge is 0.406 e. The van der Waals surface area contributed by atoms with Crippen LogP contribution in [0.15, 0.2) is 194 Å². The summed E-state index contributed by atoms with van der Waals surface area (Å²) >= 11 is 0. The fourth-order valence-electron chi connectivity index (χ4n) is 7.73. The maximum absolute atomic E-state index is 11.8. The molecule has 0 aromatic heterocycles. The Hall–Kier alpha value is -6.39. The maximum atomic E-state index is 11.8. The van der Waals surface area contributed by atoms with Crippen molar-refractivity contribution < 1.29 is 17.9 Å². The standard InChI is InChI=1S/C15H16.C13H14.C10H11F3O.3C10H14.CH4/c1-12(2)14-9-6-10-15(11-14)13-7-4-3-5-8-13;1-10(2)12-9-5-7-11-6-3-4-8-13(11)12;1-7(2)8-3-5-9(6-4-8)14-10(11,12)13;1-8(2)10-6-4-9(3)5-7-10;1-8(2)10-6-4-5-9(3)7-10;1-8(2)10-7-5-4-6-9(10)3;/h3-12H,1-2H3;3-10H,1-2H3;3-7H,1-2H3;3*4-8H,1-3H3;1H4. The summed E-state index contributed by atoms with van der Waals surface area (Å²) in [6.45, 7) is 32.6. The van der Waals surface area contributed by atoms with Gasteiger partial charge in [-0.3, -0.25) is 0 Å². The molecule has 0 saturated carbocycles. The number of hydrogen-bond donors (Lipinski definition) is 0. The lowest BCUT2D eigenvalue weighted by Crippen LogP contribution is -2.17. The zero-order chi connectivity index (χ0) is 53.4. The highest BCUT2D eigenvalue weighted by atomic mass is 19.4. The molecule has 73 heavy (non-hydrogen) atoms. The van der Waals surface area contributed by atoms with Gasteiger partial charge in [-0.1, -0.05) is 284 Å². The number of benzene rings is 8. The lowest BCUT2D eigenvalue weighted by Gasteiger charge is -2.10. The van der Waals surface area contributed by atoms with E-state index in [9.17, 15) is 13.2 Å². The van der Waals surface area contributed by atoms with Crippen molar-refractivity contribution in [1.29, 1.82) is 0 Å². The molecule has 0 aliphatic rings. The molecule has 390 valence electrons. The van der Waals surface area contributed by atoms with Gasteiger partial charge < -0.3 is 4.74 Å². The Kier molecular flexibility index (Phi) is 27.4. The molecule has 8 aromatic rings. The summed E-state index contributed by atoms with van der Waals surface area (Å²) in [6.07, 6.45) is -4.61. The predicted octanol–water partition coefficient (Wildman–Crippen LogP) is 22.1. The summed E-state index contributed by atoms with van der Waals surface area (Å²) in [7, 11) is 0. The molecule has 0 bridgehead atoms. The molecule has 0 unspecified atom stereocenters. The first-order valence-electron chi connectivity index (χ1n) is 25.7. The number of aryl methyl sites for hydroxylation is 3. The lowest BCUT2D eigenvalue weighted by atomic mass is 9.96. The Morgan fingerprint density at radius 1 is 0.342 bits per heavy atom. The Morgan fingerprint density at radius 2 is 0.767 bits per heavy atom. The molecule has 0 fully saturated rings. The van der Waals surface area contributed by atoms with Crippen LogP contribution in [0.5, 0.6) is 5.75 Å². The highest BCUT2D eigenvalue weighted by molar-refractivity contribution is 5.86. The first-order chi connectivity index (χ1) is 34.1. The van der Waals surface area contributed by atoms with E-state index in [0.717, 1.165) is 5.56 Å². The SMILES string of the molecule is C.CC(C)c1ccc(OC(F)(F)F)cc1.CC(C)c1cccc(-c2ccccc2)c1.CC(C)c1cccc2ccccc12.Cc1ccc(C(C)C)cc1.Cc1cccc(C(C)C)c1.Cc1ccccc1C(C)C. The van der Waals surface area contributed by atoms with Crippen molar-refractivity contribution >= 4 is 10.8 Å². The summed E-state index contributed by atoms with van der Waals surface area (Å²) in [5.74, 6) is 3.28. The second-order valence-corrected chi connectivity index (χ2v) is 20.3. The molecule has 0 aliphatic heterocycles. The van der Waals surface area contributed by atoms with Crippen LogP contribution in [0.1, 0.15) is 176 Å². The fourth-order valence-corrected chi connectivity index (χ4v) is 7.73. The molecule has 1 nitrogen and oxygen atoms in total. The molecule has 0 heterocycles. The molecule has 0 amide bonds. The molecule has 0 spiro atoms. The van der Waals surface area contributed by atoms with Crippen LogP contribution < -0.4 is 4.74 Å². The van der Waals surface area contributed by atoms with Crippen molar-refractivity contribution in [1.82, 2.24) is 0 Å². The number of ether oxygens (including phenoxy) is 1. The van der Waals surface area contributed by atoms with Crippen LogP contribution in [-0.4, -0.2) is 6.36 Å². The second-order valence-electron chi connectivity index (χ2n) is 20.3. The topological polar surface area (TPSA) is 9.23 Å². The highest BCUT2D eigenvalue weighted by Gasteiger charge is 2.31. The number of halogens is 3.